The van der Waals surface area contributed by atoms with Crippen molar-refractivity contribution in [1.82, 2.24) is 10.6 Å². The number of rotatable bonds is 8. The Balaban J connectivity index is 0.00000361. The molecule has 4 nitrogen and oxygen atoms in total. The molecule has 1 aliphatic rings. The van der Waals surface area contributed by atoms with Gasteiger partial charge in [-0.25, -0.2) is 0 Å². The number of aliphatic hydroxyl groups excluding tert-OH is 1. The van der Waals surface area contributed by atoms with Crippen molar-refractivity contribution in [2.45, 2.75) is 52.4 Å². The lowest BCUT2D eigenvalue weighted by Crippen LogP contribution is -2.38. The summed E-state index contributed by atoms with van der Waals surface area (Å²) in [7, 11) is 0. The lowest BCUT2D eigenvalue weighted by Gasteiger charge is -2.13. The van der Waals surface area contributed by atoms with Crippen molar-refractivity contribution < 1.29 is 5.11 Å². The fourth-order valence-electron chi connectivity index (χ4n) is 2.54. The fraction of sp³-hybridized carbons (Fsp3) is 0.933. The summed E-state index contributed by atoms with van der Waals surface area (Å²) in [5, 5.41) is 15.6. The molecule has 1 saturated carbocycles. The van der Waals surface area contributed by atoms with Gasteiger partial charge in [0.1, 0.15) is 0 Å². The van der Waals surface area contributed by atoms with Gasteiger partial charge in [0.15, 0.2) is 5.96 Å². The molecule has 0 aromatic carbocycles. The number of hydrogen-bond acceptors (Lipinski definition) is 2. The van der Waals surface area contributed by atoms with Crippen LogP contribution in [0.5, 0.6) is 0 Å². The van der Waals surface area contributed by atoms with Crippen LogP contribution in [0.15, 0.2) is 4.99 Å². The fourth-order valence-corrected chi connectivity index (χ4v) is 2.54. The van der Waals surface area contributed by atoms with E-state index in [1.54, 1.807) is 0 Å². The average molecular weight is 397 g/mol. The Hall–Kier alpha value is -0.0400. The molecule has 0 aromatic heterocycles. The van der Waals surface area contributed by atoms with Crippen molar-refractivity contribution in [2.75, 3.05) is 26.2 Å². The van der Waals surface area contributed by atoms with Gasteiger partial charge in [-0.2, -0.15) is 0 Å². The summed E-state index contributed by atoms with van der Waals surface area (Å²) >= 11 is 0. The number of hydrogen-bond donors (Lipinski definition) is 3. The molecule has 1 unspecified atom stereocenters. The van der Waals surface area contributed by atoms with E-state index < -0.39 is 0 Å². The van der Waals surface area contributed by atoms with Gasteiger partial charge in [-0.1, -0.05) is 32.6 Å². The van der Waals surface area contributed by atoms with Crippen molar-refractivity contribution in [3.8, 4) is 0 Å². The molecule has 1 atom stereocenters. The van der Waals surface area contributed by atoms with Crippen LogP contribution in [0.2, 0.25) is 0 Å². The molecule has 1 rings (SSSR count). The zero-order valence-electron chi connectivity index (χ0n) is 13.0. The normalized spacial score (nSPS) is 17.6. The molecule has 20 heavy (non-hydrogen) atoms. The van der Waals surface area contributed by atoms with Crippen LogP contribution in [0.25, 0.3) is 0 Å². The number of nitrogens with one attached hydrogen (secondary N) is 2. The third-order valence-electron chi connectivity index (χ3n) is 3.77. The second kappa shape index (κ2) is 12.7. The molecule has 0 bridgehead atoms. The Bertz CT molecular complexity index is 256. The molecule has 5 heteroatoms. The maximum Gasteiger partial charge on any atom is 0.191 e. The topological polar surface area (TPSA) is 56.7 Å². The minimum atomic E-state index is 0. The summed E-state index contributed by atoms with van der Waals surface area (Å²) in [5.41, 5.74) is 0. The van der Waals surface area contributed by atoms with Gasteiger partial charge in [0.2, 0.25) is 0 Å². The minimum Gasteiger partial charge on any atom is -0.396 e. The third-order valence-corrected chi connectivity index (χ3v) is 3.77. The second-order valence-electron chi connectivity index (χ2n) is 5.73. The van der Waals surface area contributed by atoms with Crippen LogP contribution in [0.1, 0.15) is 52.4 Å². The van der Waals surface area contributed by atoms with Crippen LogP contribution in [0.3, 0.4) is 0 Å². The second-order valence-corrected chi connectivity index (χ2v) is 5.73. The molecular weight excluding hydrogens is 365 g/mol. The molecular formula is C15H32IN3O. The highest BCUT2D eigenvalue weighted by molar-refractivity contribution is 14.0. The van der Waals surface area contributed by atoms with Crippen molar-refractivity contribution in [3.05, 3.63) is 0 Å². The number of guanidine groups is 1. The first-order valence-electron chi connectivity index (χ1n) is 7.89. The summed E-state index contributed by atoms with van der Waals surface area (Å²) < 4.78 is 0. The molecule has 120 valence electrons. The van der Waals surface area contributed by atoms with E-state index in [2.05, 4.69) is 22.5 Å². The highest BCUT2D eigenvalue weighted by atomic mass is 127. The number of aliphatic hydroxyl groups is 1. The molecule has 0 amide bonds. The number of aliphatic imine (C=N–C) groups is 1. The lowest BCUT2D eigenvalue weighted by atomic mass is 10.0. The van der Waals surface area contributed by atoms with E-state index in [-0.39, 0.29) is 36.5 Å². The largest absolute Gasteiger partial charge is 0.396 e. The smallest absolute Gasteiger partial charge is 0.191 e. The van der Waals surface area contributed by atoms with Crippen LogP contribution < -0.4 is 10.6 Å². The van der Waals surface area contributed by atoms with Gasteiger partial charge in [-0.15, -0.1) is 24.0 Å². The Morgan fingerprint density at radius 1 is 1.30 bits per heavy atom. The predicted octanol–water partition coefficient (Wildman–Crippen LogP) is 2.76. The number of nitrogens with zero attached hydrogens (tertiary/aromatic N) is 1. The van der Waals surface area contributed by atoms with Crippen LogP contribution >= 0.6 is 24.0 Å². The minimum absolute atomic E-state index is 0. The maximum absolute atomic E-state index is 9.00. The summed E-state index contributed by atoms with van der Waals surface area (Å²) in [6, 6.07) is 0. The summed E-state index contributed by atoms with van der Waals surface area (Å²) in [5.74, 6) is 2.08. The Morgan fingerprint density at radius 3 is 2.60 bits per heavy atom. The summed E-state index contributed by atoms with van der Waals surface area (Å²) in [6.45, 7) is 6.83. The van der Waals surface area contributed by atoms with E-state index in [4.69, 9.17) is 5.11 Å². The van der Waals surface area contributed by atoms with Crippen LogP contribution in [0, 0.1) is 11.8 Å². The van der Waals surface area contributed by atoms with Crippen molar-refractivity contribution in [1.29, 1.82) is 0 Å². The molecule has 0 heterocycles. The molecule has 0 aliphatic heterocycles. The summed E-state index contributed by atoms with van der Waals surface area (Å²) in [6.07, 6.45) is 8.30. The van der Waals surface area contributed by atoms with E-state index in [0.717, 1.165) is 25.0 Å². The Kier molecular flexibility index (Phi) is 12.7. The molecule has 1 aliphatic carbocycles. The van der Waals surface area contributed by atoms with Crippen LogP contribution in [-0.2, 0) is 0 Å². The van der Waals surface area contributed by atoms with E-state index in [1.807, 2.05) is 6.92 Å². The molecule has 3 N–H and O–H groups in total. The molecule has 0 radical (unpaired) electrons. The van der Waals surface area contributed by atoms with Gasteiger partial charge < -0.3 is 15.7 Å². The van der Waals surface area contributed by atoms with Gasteiger partial charge in [-0.05, 0) is 31.6 Å². The first-order valence-corrected chi connectivity index (χ1v) is 7.89. The van der Waals surface area contributed by atoms with Gasteiger partial charge in [0.05, 0.1) is 0 Å². The zero-order valence-corrected chi connectivity index (χ0v) is 15.4. The SMILES string of the molecule is CCNC(=NCC(C)CO)NCCCC1CCCC1.I. The zero-order chi connectivity index (χ0) is 13.9. The lowest BCUT2D eigenvalue weighted by molar-refractivity contribution is 0.241. The highest BCUT2D eigenvalue weighted by Gasteiger charge is 2.13. The first kappa shape index (κ1) is 20.0. The van der Waals surface area contributed by atoms with Crippen LogP contribution in [0.4, 0.5) is 0 Å². The third kappa shape index (κ3) is 9.00. The highest BCUT2D eigenvalue weighted by Crippen LogP contribution is 2.28. The van der Waals surface area contributed by atoms with Gasteiger partial charge >= 0.3 is 0 Å². The monoisotopic (exact) mass is 397 g/mol. The van der Waals surface area contributed by atoms with E-state index in [0.29, 0.717) is 6.54 Å². The summed E-state index contributed by atoms with van der Waals surface area (Å²) in [4.78, 5) is 4.49. The molecule has 1 fully saturated rings. The Labute approximate surface area is 141 Å². The molecule has 0 spiro atoms. The predicted molar refractivity (Wildman–Crippen MR) is 96.8 cm³/mol. The van der Waals surface area contributed by atoms with Gasteiger partial charge in [-0.3, -0.25) is 4.99 Å². The quantitative estimate of drug-likeness (QED) is 0.256. The average Bonchev–Trinajstić information content (AvgIpc) is 2.93. The van der Waals surface area contributed by atoms with E-state index in [9.17, 15) is 0 Å². The Morgan fingerprint density at radius 2 is 2.00 bits per heavy atom. The van der Waals surface area contributed by atoms with E-state index >= 15 is 0 Å². The van der Waals surface area contributed by atoms with Crippen molar-refractivity contribution in [3.63, 3.8) is 0 Å². The van der Waals surface area contributed by atoms with Crippen LogP contribution in [-0.4, -0.2) is 37.3 Å². The maximum atomic E-state index is 9.00. The standard InChI is InChI=1S/C15H31N3O.HI/c1-3-16-15(18-11-13(2)12-19)17-10-6-9-14-7-4-5-8-14;/h13-14,19H,3-12H2,1-2H3,(H2,16,17,18);1H. The molecule has 0 aromatic rings. The first-order chi connectivity index (χ1) is 9.26. The molecule has 0 saturated heterocycles. The van der Waals surface area contributed by atoms with E-state index in [1.165, 1.54) is 38.5 Å². The number of halogens is 1. The van der Waals surface area contributed by atoms with Gasteiger partial charge in [0, 0.05) is 26.2 Å². The van der Waals surface area contributed by atoms with Gasteiger partial charge in [0.25, 0.3) is 0 Å². The van der Waals surface area contributed by atoms with Crippen molar-refractivity contribution >= 4 is 29.9 Å². The van der Waals surface area contributed by atoms with Crippen molar-refractivity contribution in [2.24, 2.45) is 16.8 Å².